The van der Waals surface area contributed by atoms with Crippen LogP contribution < -0.4 is 14.8 Å². The maximum Gasteiger partial charge on any atom is 0.296 e. The van der Waals surface area contributed by atoms with E-state index in [1.807, 2.05) is 32.0 Å². The van der Waals surface area contributed by atoms with Crippen LogP contribution in [0.5, 0.6) is 11.5 Å². The van der Waals surface area contributed by atoms with Gasteiger partial charge in [-0.15, -0.1) is 0 Å². The lowest BCUT2D eigenvalue weighted by Crippen LogP contribution is -2.15. The van der Waals surface area contributed by atoms with Gasteiger partial charge >= 0.3 is 0 Å². The highest BCUT2D eigenvalue weighted by atomic mass is 16.6. The molecular weight excluding hydrogens is 376 g/mol. The summed E-state index contributed by atoms with van der Waals surface area (Å²) in [5.41, 5.74) is 1.97. The summed E-state index contributed by atoms with van der Waals surface area (Å²) in [6, 6.07) is 11.6. The van der Waals surface area contributed by atoms with Gasteiger partial charge in [-0.1, -0.05) is 12.1 Å². The minimum Gasteiger partial charge on any atom is -0.496 e. The van der Waals surface area contributed by atoms with Gasteiger partial charge in [0.15, 0.2) is 12.4 Å². The van der Waals surface area contributed by atoms with Crippen molar-refractivity contribution in [1.29, 1.82) is 0 Å². The molecule has 9 nitrogen and oxygen atoms in total. The van der Waals surface area contributed by atoms with E-state index < -0.39 is 10.8 Å². The fraction of sp³-hybridized carbons (Fsp3) is 0.200. The van der Waals surface area contributed by atoms with Gasteiger partial charge in [-0.2, -0.15) is 5.10 Å². The fourth-order valence-electron chi connectivity index (χ4n) is 2.63. The summed E-state index contributed by atoms with van der Waals surface area (Å²) in [7, 11) is 1.41. The Balaban J connectivity index is 1.70. The summed E-state index contributed by atoms with van der Waals surface area (Å²) in [6.07, 6.45) is 1.60. The second-order valence-corrected chi connectivity index (χ2v) is 6.38. The molecule has 2 aromatic carbocycles. The molecule has 1 amide bonds. The highest BCUT2D eigenvalue weighted by molar-refractivity contribution is 6.04. The predicted octanol–water partition coefficient (Wildman–Crippen LogP) is 3.71. The van der Waals surface area contributed by atoms with Crippen LogP contribution in [0.15, 0.2) is 48.7 Å². The number of rotatable bonds is 7. The Morgan fingerprint density at radius 2 is 2.00 bits per heavy atom. The maximum absolute atomic E-state index is 12.4. The number of carbonyl (C=O) groups is 1. The number of aromatic nitrogens is 2. The molecule has 3 rings (SSSR count). The number of ether oxygens (including phenoxy) is 2. The van der Waals surface area contributed by atoms with Crippen molar-refractivity contribution in [2.24, 2.45) is 0 Å². The third-order valence-electron chi connectivity index (χ3n) is 4.22. The molecule has 0 fully saturated rings. The van der Waals surface area contributed by atoms with Gasteiger partial charge in [-0.05, 0) is 49.2 Å². The molecule has 0 aliphatic carbocycles. The molecule has 0 spiro atoms. The summed E-state index contributed by atoms with van der Waals surface area (Å²) in [6.45, 7) is 4.04. The van der Waals surface area contributed by atoms with E-state index in [9.17, 15) is 14.9 Å². The zero-order chi connectivity index (χ0) is 21.0. The number of methoxy groups -OCH3 is 1. The molecule has 1 N–H and O–H groups in total. The topological polar surface area (TPSA) is 109 Å². The quantitative estimate of drug-likeness (QED) is 0.482. The maximum atomic E-state index is 12.4. The molecule has 0 aliphatic heterocycles. The number of nitro groups is 1. The van der Waals surface area contributed by atoms with Crippen molar-refractivity contribution < 1.29 is 19.2 Å². The molecule has 9 heteroatoms. The van der Waals surface area contributed by atoms with Gasteiger partial charge in [0, 0.05) is 6.20 Å². The van der Waals surface area contributed by atoms with Crippen molar-refractivity contribution in [2.45, 2.75) is 20.6 Å². The van der Waals surface area contributed by atoms with Crippen molar-refractivity contribution in [3.63, 3.8) is 0 Å². The molecular formula is C20H20N4O5. The Morgan fingerprint density at radius 3 is 2.72 bits per heavy atom. The van der Waals surface area contributed by atoms with Crippen LogP contribution in [0.3, 0.4) is 0 Å². The van der Waals surface area contributed by atoms with Crippen LogP contribution in [-0.4, -0.2) is 27.7 Å². The normalized spacial score (nSPS) is 10.4. The van der Waals surface area contributed by atoms with E-state index in [4.69, 9.17) is 9.47 Å². The molecule has 3 aromatic rings. The number of nitrogens with one attached hydrogen (secondary N) is 1. The van der Waals surface area contributed by atoms with E-state index in [1.165, 1.54) is 36.1 Å². The van der Waals surface area contributed by atoms with Crippen LogP contribution in [0.25, 0.3) is 0 Å². The van der Waals surface area contributed by atoms with Crippen LogP contribution in [0.1, 0.15) is 21.6 Å². The first-order valence-corrected chi connectivity index (χ1v) is 8.74. The number of carbonyl (C=O) groups excluding carboxylic acids is 1. The van der Waals surface area contributed by atoms with Crippen molar-refractivity contribution in [3.05, 3.63) is 75.6 Å². The second-order valence-electron chi connectivity index (χ2n) is 6.38. The van der Waals surface area contributed by atoms with E-state index in [0.717, 1.165) is 16.9 Å². The van der Waals surface area contributed by atoms with Gasteiger partial charge in [0.2, 0.25) is 0 Å². The van der Waals surface area contributed by atoms with Crippen molar-refractivity contribution in [2.75, 3.05) is 12.4 Å². The van der Waals surface area contributed by atoms with E-state index in [1.54, 1.807) is 6.20 Å². The fourth-order valence-corrected chi connectivity index (χ4v) is 2.63. The second kappa shape index (κ2) is 8.42. The van der Waals surface area contributed by atoms with Crippen LogP contribution in [0.2, 0.25) is 0 Å². The van der Waals surface area contributed by atoms with Crippen LogP contribution in [0, 0.1) is 24.0 Å². The van der Waals surface area contributed by atoms with Crippen molar-refractivity contribution in [1.82, 2.24) is 9.78 Å². The Bertz CT molecular complexity index is 1060. The Hall–Kier alpha value is -3.88. The van der Waals surface area contributed by atoms with Gasteiger partial charge in [0.05, 0.1) is 18.1 Å². The molecule has 1 aromatic heterocycles. The molecule has 0 atom stereocenters. The highest BCUT2D eigenvalue weighted by Gasteiger charge is 2.19. The number of nitro benzene ring substituents is 1. The van der Waals surface area contributed by atoms with Gasteiger partial charge < -0.3 is 14.8 Å². The molecule has 0 saturated heterocycles. The first-order valence-electron chi connectivity index (χ1n) is 8.74. The number of amides is 1. The highest BCUT2D eigenvalue weighted by Crippen LogP contribution is 2.29. The lowest BCUT2D eigenvalue weighted by molar-refractivity contribution is -0.384. The van der Waals surface area contributed by atoms with E-state index in [2.05, 4.69) is 10.4 Å². The Morgan fingerprint density at radius 1 is 1.21 bits per heavy atom. The van der Waals surface area contributed by atoms with E-state index in [-0.39, 0.29) is 23.8 Å². The van der Waals surface area contributed by atoms with E-state index >= 15 is 0 Å². The Labute approximate surface area is 167 Å². The van der Waals surface area contributed by atoms with Crippen LogP contribution in [0.4, 0.5) is 11.4 Å². The summed E-state index contributed by atoms with van der Waals surface area (Å²) >= 11 is 0. The third kappa shape index (κ3) is 4.70. The standard InChI is InChI=1S/C20H20N4O5/c1-13-4-5-14(2)19(10-13)29-12-23-9-8-17(22-23)20(25)21-16-7-6-15(28-3)11-18(16)24(26)27/h4-11H,12H2,1-3H3,(H,21,25). The van der Waals surface area contributed by atoms with E-state index in [0.29, 0.717) is 5.75 Å². The van der Waals surface area contributed by atoms with Gasteiger partial charge in [-0.3, -0.25) is 14.9 Å². The monoisotopic (exact) mass is 396 g/mol. The van der Waals surface area contributed by atoms with Crippen LogP contribution in [-0.2, 0) is 6.73 Å². The molecule has 1 heterocycles. The van der Waals surface area contributed by atoms with Gasteiger partial charge in [0.1, 0.15) is 17.2 Å². The van der Waals surface area contributed by atoms with Gasteiger partial charge in [0.25, 0.3) is 11.6 Å². The minimum absolute atomic E-state index is 0.0574. The SMILES string of the molecule is COc1ccc(NC(=O)c2ccn(COc3cc(C)ccc3C)n2)c([N+](=O)[O-])c1. The average molecular weight is 396 g/mol. The molecule has 0 radical (unpaired) electrons. The zero-order valence-electron chi connectivity index (χ0n) is 16.2. The molecule has 0 bridgehead atoms. The smallest absolute Gasteiger partial charge is 0.296 e. The Kier molecular flexibility index (Phi) is 5.77. The lowest BCUT2D eigenvalue weighted by atomic mass is 10.1. The average Bonchev–Trinajstić information content (AvgIpc) is 3.18. The zero-order valence-corrected chi connectivity index (χ0v) is 16.2. The first kappa shape index (κ1) is 19.9. The summed E-state index contributed by atoms with van der Waals surface area (Å²) in [5.74, 6) is 0.492. The summed E-state index contributed by atoms with van der Waals surface area (Å²) in [5, 5.41) is 17.9. The number of benzene rings is 2. The third-order valence-corrected chi connectivity index (χ3v) is 4.22. The molecule has 150 valence electrons. The number of anilines is 1. The largest absolute Gasteiger partial charge is 0.496 e. The summed E-state index contributed by atoms with van der Waals surface area (Å²) in [4.78, 5) is 23.1. The predicted molar refractivity (Wildman–Crippen MR) is 106 cm³/mol. The molecule has 0 aliphatic rings. The molecule has 0 unspecified atom stereocenters. The first-order chi connectivity index (χ1) is 13.9. The van der Waals surface area contributed by atoms with Crippen molar-refractivity contribution in [3.8, 4) is 11.5 Å². The number of nitrogens with zero attached hydrogens (tertiary/aromatic N) is 3. The number of hydrogen-bond acceptors (Lipinski definition) is 6. The number of aryl methyl sites for hydroxylation is 2. The number of hydrogen-bond donors (Lipinski definition) is 1. The van der Waals surface area contributed by atoms with Crippen molar-refractivity contribution >= 4 is 17.3 Å². The lowest BCUT2D eigenvalue weighted by Gasteiger charge is -2.10. The van der Waals surface area contributed by atoms with Crippen LogP contribution >= 0.6 is 0 Å². The molecule has 0 saturated carbocycles. The molecule has 29 heavy (non-hydrogen) atoms. The summed E-state index contributed by atoms with van der Waals surface area (Å²) < 4.78 is 12.2. The van der Waals surface area contributed by atoms with Gasteiger partial charge in [-0.25, -0.2) is 4.68 Å². The minimum atomic E-state index is -0.589.